The number of aryl methyl sites for hydroxylation is 1. The lowest BCUT2D eigenvalue weighted by Crippen LogP contribution is -2.12. The second kappa shape index (κ2) is 10.3. The highest BCUT2D eigenvalue weighted by atomic mass is 35.5. The van der Waals surface area contributed by atoms with E-state index < -0.39 is 0 Å². The molecule has 1 amide bonds. The van der Waals surface area contributed by atoms with Crippen LogP contribution in [0.3, 0.4) is 0 Å². The van der Waals surface area contributed by atoms with Gasteiger partial charge in [-0.15, -0.1) is 33.9 Å². The first-order chi connectivity index (χ1) is 11.1. The first kappa shape index (κ1) is 20.4. The van der Waals surface area contributed by atoms with E-state index in [1.165, 1.54) is 29.8 Å². The number of nitrogens with one attached hydrogen (secondary N) is 1. The van der Waals surface area contributed by atoms with Crippen LogP contribution < -0.4 is 11.1 Å². The summed E-state index contributed by atoms with van der Waals surface area (Å²) in [6.07, 6.45) is 2.23. The van der Waals surface area contributed by atoms with Crippen LogP contribution in [0, 0.1) is 0 Å². The van der Waals surface area contributed by atoms with Crippen LogP contribution in [0.1, 0.15) is 33.3 Å². The highest BCUT2D eigenvalue weighted by molar-refractivity contribution is 7.15. The Bertz CT molecular complexity index is 676. The molecule has 0 aliphatic heterocycles. The summed E-state index contributed by atoms with van der Waals surface area (Å²) in [6, 6.07) is 0. The van der Waals surface area contributed by atoms with Gasteiger partial charge in [-0.1, -0.05) is 11.3 Å². The van der Waals surface area contributed by atoms with Gasteiger partial charge < -0.3 is 10.5 Å². The average Bonchev–Trinajstić information content (AvgIpc) is 3.17. The smallest absolute Gasteiger partial charge is 0.305 e. The highest BCUT2D eigenvalue weighted by Gasteiger charge is 2.13. The molecule has 0 aromatic carbocycles. The first-order valence-corrected chi connectivity index (χ1v) is 8.67. The molecule has 2 aromatic heterocycles. The molecule has 0 bridgehead atoms. The summed E-state index contributed by atoms with van der Waals surface area (Å²) in [7, 11) is 1.36. The second-order valence-electron chi connectivity index (χ2n) is 4.55. The Hall–Kier alpha value is -1.62. The molecule has 8 nitrogen and oxygen atoms in total. The van der Waals surface area contributed by atoms with Crippen molar-refractivity contribution in [3.8, 4) is 0 Å². The van der Waals surface area contributed by atoms with Gasteiger partial charge in [0.1, 0.15) is 10.7 Å². The van der Waals surface area contributed by atoms with Crippen molar-refractivity contribution in [2.24, 2.45) is 5.73 Å². The molecule has 2 heterocycles. The number of anilines is 1. The normalized spacial score (nSPS) is 10.1. The topological polar surface area (TPSA) is 120 Å². The van der Waals surface area contributed by atoms with Crippen molar-refractivity contribution in [3.63, 3.8) is 0 Å². The minimum atomic E-state index is -0.318. The first-order valence-electron chi connectivity index (χ1n) is 6.97. The van der Waals surface area contributed by atoms with Gasteiger partial charge in [0.25, 0.3) is 5.91 Å². The Morgan fingerprint density at radius 3 is 2.79 bits per heavy atom. The van der Waals surface area contributed by atoms with E-state index in [9.17, 15) is 9.59 Å². The number of aromatic nitrogens is 3. The number of nitrogens with two attached hydrogens (primary N) is 1. The summed E-state index contributed by atoms with van der Waals surface area (Å²) in [6.45, 7) is 0.500. The SMILES string of the molecule is COC(=O)CCCc1nnc(NC(=O)c2csc(CCN)n2)s1.Cl. The number of ether oxygens (including phenoxy) is 1. The third-order valence-electron chi connectivity index (χ3n) is 2.83. The molecule has 11 heteroatoms. The zero-order valence-corrected chi connectivity index (χ0v) is 15.4. The zero-order valence-electron chi connectivity index (χ0n) is 13.0. The van der Waals surface area contributed by atoms with E-state index in [1.54, 1.807) is 5.38 Å². The molecular weight excluding hydrogens is 374 g/mol. The van der Waals surface area contributed by atoms with Crippen LogP contribution in [-0.4, -0.2) is 40.7 Å². The number of rotatable bonds is 8. The zero-order chi connectivity index (χ0) is 16.7. The Morgan fingerprint density at radius 2 is 2.08 bits per heavy atom. The van der Waals surface area contributed by atoms with Gasteiger partial charge in [0.2, 0.25) is 5.13 Å². The molecule has 0 fully saturated rings. The third kappa shape index (κ3) is 6.11. The van der Waals surface area contributed by atoms with E-state index in [-0.39, 0.29) is 24.3 Å². The number of carbonyl (C=O) groups is 2. The van der Waals surface area contributed by atoms with Crippen molar-refractivity contribution in [3.05, 3.63) is 21.1 Å². The molecule has 24 heavy (non-hydrogen) atoms. The van der Waals surface area contributed by atoms with Crippen LogP contribution in [-0.2, 0) is 22.4 Å². The van der Waals surface area contributed by atoms with Crippen molar-refractivity contribution >= 4 is 52.1 Å². The molecule has 0 aliphatic rings. The van der Waals surface area contributed by atoms with E-state index in [1.807, 2.05) is 0 Å². The maximum absolute atomic E-state index is 12.1. The molecule has 0 saturated carbocycles. The molecule has 2 aromatic rings. The summed E-state index contributed by atoms with van der Waals surface area (Å²) in [5.41, 5.74) is 5.81. The van der Waals surface area contributed by atoms with E-state index in [4.69, 9.17) is 5.73 Å². The maximum Gasteiger partial charge on any atom is 0.305 e. The number of nitrogens with zero attached hydrogens (tertiary/aromatic N) is 3. The number of esters is 1. The fourth-order valence-electron chi connectivity index (χ4n) is 1.71. The lowest BCUT2D eigenvalue weighted by molar-refractivity contribution is -0.140. The van der Waals surface area contributed by atoms with Crippen LogP contribution in [0.25, 0.3) is 0 Å². The van der Waals surface area contributed by atoms with Gasteiger partial charge in [-0.25, -0.2) is 4.98 Å². The number of halogens is 1. The van der Waals surface area contributed by atoms with Gasteiger partial charge in [-0.3, -0.25) is 14.9 Å². The Labute approximate surface area is 153 Å². The van der Waals surface area contributed by atoms with Gasteiger partial charge >= 0.3 is 5.97 Å². The van der Waals surface area contributed by atoms with Crippen molar-refractivity contribution in [2.75, 3.05) is 19.0 Å². The van der Waals surface area contributed by atoms with Crippen LogP contribution in [0.15, 0.2) is 5.38 Å². The van der Waals surface area contributed by atoms with E-state index >= 15 is 0 Å². The molecule has 2 rings (SSSR count). The van der Waals surface area contributed by atoms with Crippen molar-refractivity contribution in [1.29, 1.82) is 0 Å². The molecular formula is C13H18ClN5O3S2. The fourth-order valence-corrected chi connectivity index (χ4v) is 3.28. The van der Waals surface area contributed by atoms with Gasteiger partial charge in [0.05, 0.1) is 12.1 Å². The van der Waals surface area contributed by atoms with Crippen molar-refractivity contribution in [1.82, 2.24) is 15.2 Å². The average molecular weight is 392 g/mol. The summed E-state index contributed by atoms with van der Waals surface area (Å²) >= 11 is 2.69. The summed E-state index contributed by atoms with van der Waals surface area (Å²) < 4.78 is 4.57. The van der Waals surface area contributed by atoms with Crippen LogP contribution in [0.5, 0.6) is 0 Å². The maximum atomic E-state index is 12.1. The largest absolute Gasteiger partial charge is 0.469 e. The Kier molecular flexibility index (Phi) is 8.76. The van der Waals surface area contributed by atoms with Crippen LogP contribution >= 0.6 is 35.1 Å². The lowest BCUT2D eigenvalue weighted by atomic mass is 10.2. The summed E-state index contributed by atoms with van der Waals surface area (Å²) in [4.78, 5) is 27.3. The minimum Gasteiger partial charge on any atom is -0.469 e. The molecule has 0 saturated heterocycles. The number of hydrogen-bond donors (Lipinski definition) is 2. The molecule has 0 spiro atoms. The van der Waals surface area contributed by atoms with Crippen LogP contribution in [0.2, 0.25) is 0 Å². The van der Waals surface area contributed by atoms with E-state index in [0.717, 1.165) is 10.0 Å². The summed E-state index contributed by atoms with van der Waals surface area (Å²) in [5.74, 6) is -0.568. The Balaban J connectivity index is 0.00000288. The number of carbonyl (C=O) groups excluding carboxylic acids is 2. The molecule has 0 atom stereocenters. The molecule has 0 radical (unpaired) electrons. The lowest BCUT2D eigenvalue weighted by Gasteiger charge is -1.97. The number of hydrogen-bond acceptors (Lipinski definition) is 9. The fraction of sp³-hybridized carbons (Fsp3) is 0.462. The number of methoxy groups -OCH3 is 1. The number of thiazole rings is 1. The third-order valence-corrected chi connectivity index (χ3v) is 4.64. The van der Waals surface area contributed by atoms with Crippen molar-refractivity contribution < 1.29 is 14.3 Å². The standard InChI is InChI=1S/C13H17N5O3S2.ClH/c1-21-11(19)4-2-3-10-17-18-13(23-10)16-12(20)8-7-22-9(15-8)5-6-14;/h7H,2-6,14H2,1H3,(H,16,18,20);1H. The summed E-state index contributed by atoms with van der Waals surface area (Å²) in [5, 5.41) is 14.3. The second-order valence-corrected chi connectivity index (χ2v) is 6.55. The minimum absolute atomic E-state index is 0. The van der Waals surface area contributed by atoms with E-state index in [0.29, 0.717) is 43.1 Å². The van der Waals surface area contributed by atoms with E-state index in [2.05, 4.69) is 25.2 Å². The van der Waals surface area contributed by atoms with Gasteiger partial charge in [-0.2, -0.15) is 0 Å². The predicted molar refractivity (Wildman–Crippen MR) is 94.9 cm³/mol. The van der Waals surface area contributed by atoms with Gasteiger partial charge in [0.15, 0.2) is 0 Å². The molecule has 0 unspecified atom stereocenters. The van der Waals surface area contributed by atoms with Gasteiger partial charge in [0, 0.05) is 24.6 Å². The van der Waals surface area contributed by atoms with Crippen molar-refractivity contribution in [2.45, 2.75) is 25.7 Å². The predicted octanol–water partition coefficient (Wildman–Crippen LogP) is 1.67. The van der Waals surface area contributed by atoms with Crippen LogP contribution in [0.4, 0.5) is 5.13 Å². The molecule has 3 N–H and O–H groups in total. The quantitative estimate of drug-likeness (QED) is 0.656. The molecule has 0 aliphatic carbocycles. The van der Waals surface area contributed by atoms with Gasteiger partial charge in [-0.05, 0) is 13.0 Å². The Morgan fingerprint density at radius 1 is 1.29 bits per heavy atom. The number of amides is 1. The highest BCUT2D eigenvalue weighted by Crippen LogP contribution is 2.19. The molecule has 132 valence electrons. The monoisotopic (exact) mass is 391 g/mol.